The van der Waals surface area contributed by atoms with Crippen LogP contribution >= 0.6 is 0 Å². The Balaban J connectivity index is 1.51. The van der Waals surface area contributed by atoms with E-state index in [0.29, 0.717) is 30.2 Å². The van der Waals surface area contributed by atoms with Crippen molar-refractivity contribution >= 4 is 11.6 Å². The maximum absolute atomic E-state index is 12.7. The quantitative estimate of drug-likeness (QED) is 0.707. The summed E-state index contributed by atoms with van der Waals surface area (Å²) in [4.78, 5) is 12.7. The van der Waals surface area contributed by atoms with E-state index in [9.17, 15) is 4.79 Å². The molecule has 1 N–H and O–H groups in total. The molecule has 2 aromatic carbocycles. The van der Waals surface area contributed by atoms with Crippen molar-refractivity contribution < 1.29 is 14.3 Å². The first-order valence-corrected chi connectivity index (χ1v) is 9.46. The molecule has 1 unspecified atom stereocenters. The van der Waals surface area contributed by atoms with E-state index in [1.165, 1.54) is 0 Å². The molecule has 2 heterocycles. The zero-order chi connectivity index (χ0) is 19.5. The fourth-order valence-electron chi connectivity index (χ4n) is 3.34. The fourth-order valence-corrected chi connectivity index (χ4v) is 3.34. The number of hydrogen-bond donors (Lipinski definition) is 1. The summed E-state index contributed by atoms with van der Waals surface area (Å²) in [5, 5.41) is 7.24. The molecule has 0 radical (unpaired) electrons. The highest BCUT2D eigenvalue weighted by Crippen LogP contribution is 2.38. The number of hydrogen-bond acceptors (Lipinski definition) is 4. The van der Waals surface area contributed by atoms with E-state index in [4.69, 9.17) is 9.47 Å². The molecular formula is C22H23N3O3. The number of amides is 1. The Bertz CT molecular complexity index is 982. The summed E-state index contributed by atoms with van der Waals surface area (Å²) in [6, 6.07) is 13.8. The molecule has 0 saturated carbocycles. The zero-order valence-electron chi connectivity index (χ0n) is 16.0. The molecule has 1 aliphatic rings. The third-order valence-corrected chi connectivity index (χ3v) is 4.63. The maximum Gasteiger partial charge on any atom is 0.258 e. The summed E-state index contributed by atoms with van der Waals surface area (Å²) < 4.78 is 13.3. The highest BCUT2D eigenvalue weighted by molar-refractivity contribution is 6.04. The molecule has 1 atom stereocenters. The van der Waals surface area contributed by atoms with Crippen LogP contribution < -0.4 is 14.8 Å². The Morgan fingerprint density at radius 2 is 2.14 bits per heavy atom. The van der Waals surface area contributed by atoms with Crippen molar-refractivity contribution in [2.45, 2.75) is 32.9 Å². The van der Waals surface area contributed by atoms with Crippen molar-refractivity contribution in [1.29, 1.82) is 0 Å². The first-order valence-electron chi connectivity index (χ1n) is 9.46. The number of carbonyl (C=O) groups excluding carboxylic acids is 1. The second-order valence-corrected chi connectivity index (χ2v) is 6.89. The largest absolute Gasteiger partial charge is 0.492 e. The van der Waals surface area contributed by atoms with Crippen LogP contribution in [0.1, 0.15) is 35.3 Å². The average Bonchev–Trinajstić information content (AvgIpc) is 3.28. The number of carbonyl (C=O) groups is 1. The zero-order valence-corrected chi connectivity index (χ0v) is 16.0. The molecule has 6 nitrogen and oxygen atoms in total. The van der Waals surface area contributed by atoms with Gasteiger partial charge in [-0.3, -0.25) is 9.48 Å². The standard InChI is InChI=1S/C22H23N3O3/c1-3-27-21-10-17-9-15(2)28-20(17)11-19(21)24-22(26)18-12-23-25(14-18)13-16-7-5-4-6-8-16/h4-8,10-12,14-15H,3,9,13H2,1-2H3,(H,24,26). The van der Waals surface area contributed by atoms with Gasteiger partial charge >= 0.3 is 0 Å². The van der Waals surface area contributed by atoms with Crippen molar-refractivity contribution in [3.8, 4) is 11.5 Å². The predicted molar refractivity (Wildman–Crippen MR) is 107 cm³/mol. The van der Waals surface area contributed by atoms with Crippen LogP contribution in [0.5, 0.6) is 11.5 Å². The van der Waals surface area contributed by atoms with Gasteiger partial charge in [0, 0.05) is 24.2 Å². The van der Waals surface area contributed by atoms with E-state index in [2.05, 4.69) is 10.4 Å². The minimum absolute atomic E-state index is 0.131. The molecular weight excluding hydrogens is 354 g/mol. The van der Waals surface area contributed by atoms with Crippen molar-refractivity contribution in [3.63, 3.8) is 0 Å². The van der Waals surface area contributed by atoms with Crippen LogP contribution in [0.2, 0.25) is 0 Å². The van der Waals surface area contributed by atoms with E-state index in [-0.39, 0.29) is 12.0 Å². The van der Waals surface area contributed by atoms with E-state index < -0.39 is 0 Å². The van der Waals surface area contributed by atoms with E-state index in [1.54, 1.807) is 17.1 Å². The molecule has 1 aromatic heterocycles. The molecule has 6 heteroatoms. The van der Waals surface area contributed by atoms with Gasteiger partial charge in [-0.15, -0.1) is 0 Å². The smallest absolute Gasteiger partial charge is 0.258 e. The minimum atomic E-state index is -0.230. The lowest BCUT2D eigenvalue weighted by molar-refractivity contribution is 0.102. The highest BCUT2D eigenvalue weighted by Gasteiger charge is 2.23. The number of rotatable bonds is 6. The molecule has 28 heavy (non-hydrogen) atoms. The lowest BCUT2D eigenvalue weighted by Crippen LogP contribution is -2.12. The number of aromatic nitrogens is 2. The molecule has 1 aliphatic heterocycles. The third-order valence-electron chi connectivity index (χ3n) is 4.63. The lowest BCUT2D eigenvalue weighted by atomic mass is 10.1. The van der Waals surface area contributed by atoms with Crippen LogP contribution in [0, 0.1) is 0 Å². The second kappa shape index (κ2) is 7.76. The predicted octanol–water partition coefficient (Wildman–Crippen LogP) is 3.91. The molecule has 0 bridgehead atoms. The van der Waals surface area contributed by atoms with Gasteiger partial charge in [0.2, 0.25) is 0 Å². The molecule has 0 spiro atoms. The molecule has 144 valence electrons. The Morgan fingerprint density at radius 3 is 2.93 bits per heavy atom. The van der Waals surface area contributed by atoms with Gasteiger partial charge in [-0.05, 0) is 25.5 Å². The van der Waals surface area contributed by atoms with Crippen LogP contribution in [0.25, 0.3) is 0 Å². The Kier molecular flexibility index (Phi) is 5.02. The van der Waals surface area contributed by atoms with Gasteiger partial charge in [0.15, 0.2) is 0 Å². The minimum Gasteiger partial charge on any atom is -0.492 e. The SMILES string of the molecule is CCOc1cc2c(cc1NC(=O)c1cnn(Cc3ccccc3)c1)OC(C)C2. The first-order chi connectivity index (χ1) is 13.6. The topological polar surface area (TPSA) is 65.4 Å². The van der Waals surface area contributed by atoms with Gasteiger partial charge in [-0.2, -0.15) is 5.10 Å². The summed E-state index contributed by atoms with van der Waals surface area (Å²) in [5.41, 5.74) is 3.33. The Hall–Kier alpha value is -3.28. The third kappa shape index (κ3) is 3.86. The summed E-state index contributed by atoms with van der Waals surface area (Å²) in [5.74, 6) is 1.22. The summed E-state index contributed by atoms with van der Waals surface area (Å²) in [6.07, 6.45) is 4.29. The molecule has 1 amide bonds. The van der Waals surface area contributed by atoms with Gasteiger partial charge in [-0.25, -0.2) is 0 Å². The normalized spacial score (nSPS) is 15.0. The average molecular weight is 377 g/mol. The van der Waals surface area contributed by atoms with Crippen molar-refractivity contribution in [2.75, 3.05) is 11.9 Å². The monoisotopic (exact) mass is 377 g/mol. The molecule has 4 rings (SSSR count). The van der Waals surface area contributed by atoms with Gasteiger partial charge < -0.3 is 14.8 Å². The fraction of sp³-hybridized carbons (Fsp3) is 0.273. The molecule has 0 fully saturated rings. The summed E-state index contributed by atoms with van der Waals surface area (Å²) >= 11 is 0. The van der Waals surface area contributed by atoms with Gasteiger partial charge in [0.1, 0.15) is 17.6 Å². The molecule has 0 aliphatic carbocycles. The number of nitrogens with one attached hydrogen (secondary N) is 1. The van der Waals surface area contributed by atoms with Crippen LogP contribution in [0.15, 0.2) is 54.9 Å². The van der Waals surface area contributed by atoms with Crippen LogP contribution in [-0.2, 0) is 13.0 Å². The van der Waals surface area contributed by atoms with Crippen molar-refractivity contribution in [2.24, 2.45) is 0 Å². The van der Waals surface area contributed by atoms with E-state index in [1.807, 2.05) is 56.3 Å². The van der Waals surface area contributed by atoms with Crippen molar-refractivity contribution in [1.82, 2.24) is 9.78 Å². The van der Waals surface area contributed by atoms with Crippen molar-refractivity contribution in [3.05, 3.63) is 71.5 Å². The summed E-state index contributed by atoms with van der Waals surface area (Å²) in [6.45, 7) is 5.08. The first kappa shape index (κ1) is 18.1. The van der Waals surface area contributed by atoms with Crippen LogP contribution in [-0.4, -0.2) is 28.4 Å². The molecule has 3 aromatic rings. The van der Waals surface area contributed by atoms with Gasteiger partial charge in [0.25, 0.3) is 5.91 Å². The number of fused-ring (bicyclic) bond motifs is 1. The number of nitrogens with zero attached hydrogens (tertiary/aromatic N) is 2. The Morgan fingerprint density at radius 1 is 1.32 bits per heavy atom. The lowest BCUT2D eigenvalue weighted by Gasteiger charge is -2.13. The molecule has 0 saturated heterocycles. The van der Waals surface area contributed by atoms with Gasteiger partial charge in [0.05, 0.1) is 30.6 Å². The number of benzene rings is 2. The van der Waals surface area contributed by atoms with Crippen LogP contribution in [0.3, 0.4) is 0 Å². The number of anilines is 1. The van der Waals surface area contributed by atoms with Crippen LogP contribution in [0.4, 0.5) is 5.69 Å². The maximum atomic E-state index is 12.7. The highest BCUT2D eigenvalue weighted by atomic mass is 16.5. The second-order valence-electron chi connectivity index (χ2n) is 6.89. The van der Waals surface area contributed by atoms with E-state index >= 15 is 0 Å². The Labute approximate surface area is 164 Å². The number of ether oxygens (including phenoxy) is 2. The van der Waals surface area contributed by atoms with E-state index in [0.717, 1.165) is 23.3 Å². The summed E-state index contributed by atoms with van der Waals surface area (Å²) in [7, 11) is 0. The van der Waals surface area contributed by atoms with Gasteiger partial charge in [-0.1, -0.05) is 30.3 Å².